The maximum absolute atomic E-state index is 12.8. The van der Waals surface area contributed by atoms with Crippen molar-refractivity contribution in [1.29, 1.82) is 5.41 Å². The predicted octanol–water partition coefficient (Wildman–Crippen LogP) is 2.46. The third kappa shape index (κ3) is 4.13. The van der Waals surface area contributed by atoms with Gasteiger partial charge in [0.15, 0.2) is 5.13 Å². The number of carbonyl (C=O) groups excluding carboxylic acids is 1. The first-order valence-electron chi connectivity index (χ1n) is 8.17. The summed E-state index contributed by atoms with van der Waals surface area (Å²) >= 11 is 1.40. The number of amides is 1. The Morgan fingerprint density at radius 2 is 2.28 bits per heavy atom. The van der Waals surface area contributed by atoms with Gasteiger partial charge in [-0.2, -0.15) is 0 Å². The summed E-state index contributed by atoms with van der Waals surface area (Å²) in [6, 6.07) is 0.0628. The van der Waals surface area contributed by atoms with Crippen LogP contribution in [0.4, 0.5) is 9.52 Å². The highest BCUT2D eigenvalue weighted by Gasteiger charge is 2.48. The van der Waals surface area contributed by atoms with Crippen molar-refractivity contribution in [3.63, 3.8) is 0 Å². The number of hydrogen-bond donors (Lipinski definition) is 4. The van der Waals surface area contributed by atoms with Crippen molar-refractivity contribution in [2.45, 2.75) is 50.7 Å². The fourth-order valence-corrected chi connectivity index (χ4v) is 3.82. The summed E-state index contributed by atoms with van der Waals surface area (Å²) in [4.78, 5) is 17.4. The van der Waals surface area contributed by atoms with E-state index in [4.69, 9.17) is 5.41 Å². The van der Waals surface area contributed by atoms with Crippen molar-refractivity contribution in [3.8, 4) is 0 Å². The SMILES string of the molecule is C=C(F)/C=C(\C)C(=N)NC1CCc2nc(NC(=O)C3(O)CC3)sc2C1. The second-order valence-electron chi connectivity index (χ2n) is 6.61. The van der Waals surface area contributed by atoms with E-state index in [0.717, 1.165) is 23.4 Å². The van der Waals surface area contributed by atoms with E-state index >= 15 is 0 Å². The predicted molar refractivity (Wildman–Crippen MR) is 95.6 cm³/mol. The second kappa shape index (κ2) is 6.68. The molecule has 1 aromatic heterocycles. The van der Waals surface area contributed by atoms with Crippen LogP contribution in [0.2, 0.25) is 0 Å². The fourth-order valence-electron chi connectivity index (χ4n) is 2.74. The van der Waals surface area contributed by atoms with Crippen molar-refractivity contribution in [2.75, 3.05) is 5.32 Å². The normalized spacial score (nSPS) is 21.2. The van der Waals surface area contributed by atoms with E-state index in [1.807, 2.05) is 0 Å². The van der Waals surface area contributed by atoms with Gasteiger partial charge in [0.2, 0.25) is 0 Å². The number of aryl methyl sites for hydroxylation is 1. The molecule has 6 nitrogen and oxygen atoms in total. The molecule has 2 aliphatic rings. The van der Waals surface area contributed by atoms with Gasteiger partial charge in [-0.25, -0.2) is 9.37 Å². The quantitative estimate of drug-likeness (QED) is 0.366. The standard InChI is InChI=1S/C17H21FN4O2S/c1-9(7-10(2)18)14(19)20-11-3-4-12-13(8-11)25-16(21-12)22-15(23)17(24)5-6-17/h7,11,24H,2-6,8H2,1H3,(H2,19,20)(H,21,22,23)/b9-7+. The number of allylic oxidation sites excluding steroid dienone is 2. The van der Waals surface area contributed by atoms with Crippen LogP contribution in [0.5, 0.6) is 0 Å². The first kappa shape index (κ1) is 17.8. The highest BCUT2D eigenvalue weighted by atomic mass is 32.1. The lowest BCUT2D eigenvalue weighted by Gasteiger charge is -2.23. The summed E-state index contributed by atoms with van der Waals surface area (Å²) in [6.07, 6.45) is 4.47. The largest absolute Gasteiger partial charge is 0.380 e. The third-order valence-electron chi connectivity index (χ3n) is 4.42. The minimum Gasteiger partial charge on any atom is -0.380 e. The van der Waals surface area contributed by atoms with E-state index in [1.165, 1.54) is 17.4 Å². The van der Waals surface area contributed by atoms with Crippen LogP contribution in [0.3, 0.4) is 0 Å². The molecule has 3 rings (SSSR count). The summed E-state index contributed by atoms with van der Waals surface area (Å²) in [6.45, 7) is 4.84. The molecule has 1 unspecified atom stereocenters. The molecule has 1 atom stereocenters. The molecule has 0 aromatic carbocycles. The number of aliphatic hydroxyl groups is 1. The van der Waals surface area contributed by atoms with Gasteiger partial charge in [0.1, 0.15) is 17.3 Å². The van der Waals surface area contributed by atoms with Crippen LogP contribution in [0.15, 0.2) is 24.1 Å². The van der Waals surface area contributed by atoms with Crippen LogP contribution in [0.1, 0.15) is 36.8 Å². The molecule has 0 aliphatic heterocycles. The lowest BCUT2D eigenvalue weighted by Crippen LogP contribution is -2.38. The van der Waals surface area contributed by atoms with Gasteiger partial charge in [0.25, 0.3) is 5.91 Å². The molecule has 4 N–H and O–H groups in total. The van der Waals surface area contributed by atoms with Crippen LogP contribution in [0, 0.1) is 5.41 Å². The van der Waals surface area contributed by atoms with E-state index in [2.05, 4.69) is 22.2 Å². The van der Waals surface area contributed by atoms with Gasteiger partial charge in [-0.3, -0.25) is 15.5 Å². The minimum absolute atomic E-state index is 0.0628. The maximum Gasteiger partial charge on any atom is 0.258 e. The summed E-state index contributed by atoms with van der Waals surface area (Å²) in [5.41, 5.74) is 0.237. The van der Waals surface area contributed by atoms with Crippen molar-refractivity contribution in [3.05, 3.63) is 34.6 Å². The number of carbonyl (C=O) groups is 1. The van der Waals surface area contributed by atoms with E-state index in [1.54, 1.807) is 6.92 Å². The van der Waals surface area contributed by atoms with E-state index < -0.39 is 11.4 Å². The molecular weight excluding hydrogens is 343 g/mol. The maximum atomic E-state index is 12.8. The van der Waals surface area contributed by atoms with Gasteiger partial charge < -0.3 is 10.4 Å². The summed E-state index contributed by atoms with van der Waals surface area (Å²) in [5, 5.41) is 24.1. The molecule has 25 heavy (non-hydrogen) atoms. The highest BCUT2D eigenvalue weighted by Crippen LogP contribution is 2.37. The average molecular weight is 364 g/mol. The molecule has 0 radical (unpaired) electrons. The van der Waals surface area contributed by atoms with E-state index in [0.29, 0.717) is 30.0 Å². The van der Waals surface area contributed by atoms with Crippen LogP contribution < -0.4 is 10.6 Å². The molecule has 1 aromatic rings. The van der Waals surface area contributed by atoms with Crippen molar-refractivity contribution < 1.29 is 14.3 Å². The Balaban J connectivity index is 1.61. The number of thiazole rings is 1. The molecule has 0 spiro atoms. The molecule has 1 saturated carbocycles. The van der Waals surface area contributed by atoms with Gasteiger partial charge in [-0.05, 0) is 44.3 Å². The molecular formula is C17H21FN4O2S. The van der Waals surface area contributed by atoms with Gasteiger partial charge in [0.05, 0.1) is 5.69 Å². The molecule has 0 saturated heterocycles. The number of amidine groups is 1. The van der Waals surface area contributed by atoms with E-state index in [9.17, 15) is 14.3 Å². The Morgan fingerprint density at radius 1 is 1.56 bits per heavy atom. The zero-order valence-corrected chi connectivity index (χ0v) is 14.8. The molecule has 8 heteroatoms. The average Bonchev–Trinajstić information content (AvgIpc) is 3.16. The molecule has 1 amide bonds. The number of nitrogens with zero attached hydrogens (tertiary/aromatic N) is 1. The van der Waals surface area contributed by atoms with Crippen molar-refractivity contribution in [1.82, 2.24) is 10.3 Å². The summed E-state index contributed by atoms with van der Waals surface area (Å²) < 4.78 is 12.8. The second-order valence-corrected chi connectivity index (χ2v) is 7.69. The molecule has 1 fully saturated rings. The molecule has 1 heterocycles. The van der Waals surface area contributed by atoms with Crippen LogP contribution >= 0.6 is 11.3 Å². The highest BCUT2D eigenvalue weighted by molar-refractivity contribution is 7.15. The molecule has 0 bridgehead atoms. The van der Waals surface area contributed by atoms with Crippen molar-refractivity contribution in [2.24, 2.45) is 0 Å². The topological polar surface area (TPSA) is 98.1 Å². The number of fused-ring (bicyclic) bond motifs is 1. The summed E-state index contributed by atoms with van der Waals surface area (Å²) in [7, 11) is 0. The number of halogens is 1. The Kier molecular flexibility index (Phi) is 4.75. The van der Waals surface area contributed by atoms with Gasteiger partial charge >= 0.3 is 0 Å². The molecule has 134 valence electrons. The number of aromatic nitrogens is 1. The van der Waals surface area contributed by atoms with Gasteiger partial charge in [0, 0.05) is 17.3 Å². The Labute approximate surface area is 149 Å². The Morgan fingerprint density at radius 3 is 2.92 bits per heavy atom. The Bertz CT molecular complexity index is 767. The van der Waals surface area contributed by atoms with Gasteiger partial charge in [-0.15, -0.1) is 11.3 Å². The van der Waals surface area contributed by atoms with Crippen LogP contribution in [0.25, 0.3) is 0 Å². The minimum atomic E-state index is -1.21. The lowest BCUT2D eigenvalue weighted by molar-refractivity contribution is -0.125. The zero-order valence-electron chi connectivity index (χ0n) is 14.0. The van der Waals surface area contributed by atoms with Gasteiger partial charge in [-0.1, -0.05) is 6.58 Å². The van der Waals surface area contributed by atoms with Crippen LogP contribution in [-0.4, -0.2) is 33.5 Å². The first-order valence-corrected chi connectivity index (χ1v) is 8.99. The lowest BCUT2D eigenvalue weighted by atomic mass is 9.97. The molecule has 2 aliphatic carbocycles. The number of nitrogens with one attached hydrogen (secondary N) is 3. The smallest absolute Gasteiger partial charge is 0.258 e. The summed E-state index contributed by atoms with van der Waals surface area (Å²) in [5.74, 6) is -0.779. The van der Waals surface area contributed by atoms with Crippen molar-refractivity contribution >= 4 is 28.2 Å². The number of rotatable bonds is 5. The van der Waals surface area contributed by atoms with Crippen LogP contribution in [-0.2, 0) is 17.6 Å². The first-order chi connectivity index (χ1) is 11.8. The Hall–Kier alpha value is -2.06. The number of hydrogen-bond acceptors (Lipinski definition) is 5. The number of anilines is 1. The monoisotopic (exact) mass is 364 g/mol. The zero-order chi connectivity index (χ0) is 18.2. The third-order valence-corrected chi connectivity index (χ3v) is 5.46. The fraction of sp³-hybridized carbons (Fsp3) is 0.471. The van der Waals surface area contributed by atoms with E-state index in [-0.39, 0.29) is 17.8 Å².